The van der Waals surface area contributed by atoms with Crippen LogP contribution in [0, 0.1) is 18.7 Å². The van der Waals surface area contributed by atoms with E-state index in [4.69, 9.17) is 11.6 Å². The maximum Gasteiger partial charge on any atom is 0.275 e. The van der Waals surface area contributed by atoms with Crippen LogP contribution in [0.2, 0.25) is 5.02 Å². The summed E-state index contributed by atoms with van der Waals surface area (Å²) in [5.74, 6) is -0.388. The average molecular weight is 444 g/mol. The quantitative estimate of drug-likeness (QED) is 0.649. The van der Waals surface area contributed by atoms with E-state index in [1.165, 1.54) is 17.1 Å². The van der Waals surface area contributed by atoms with Crippen LogP contribution in [0.1, 0.15) is 35.9 Å². The lowest BCUT2D eigenvalue weighted by atomic mass is 9.90. The standard InChI is InChI=1S/C21H23ClFN7O/c1-13-4-3-9-29(18(13)12-25-20-16(23)10-15(22)11-24-20)21(31)19-17(6-5-14(2)28-19)30-26-7-8-27-30/h5-8,10-11,13,18H,3-4,9,12H2,1-2H3,(H,24,25). The Balaban J connectivity index is 1.61. The summed E-state index contributed by atoms with van der Waals surface area (Å²) in [6, 6.07) is 4.68. The molecule has 1 aliphatic rings. The molecule has 0 saturated carbocycles. The van der Waals surface area contributed by atoms with Crippen LogP contribution in [-0.4, -0.2) is 54.9 Å². The first-order valence-electron chi connectivity index (χ1n) is 10.1. The van der Waals surface area contributed by atoms with Gasteiger partial charge in [-0.05, 0) is 43.9 Å². The lowest BCUT2D eigenvalue weighted by Gasteiger charge is -2.40. The Morgan fingerprint density at radius 3 is 2.84 bits per heavy atom. The molecule has 8 nitrogen and oxygen atoms in total. The van der Waals surface area contributed by atoms with Gasteiger partial charge in [0.1, 0.15) is 5.69 Å². The van der Waals surface area contributed by atoms with E-state index in [2.05, 4.69) is 32.4 Å². The van der Waals surface area contributed by atoms with Gasteiger partial charge in [-0.25, -0.2) is 14.4 Å². The lowest BCUT2D eigenvalue weighted by molar-refractivity contribution is 0.0533. The SMILES string of the molecule is Cc1ccc(-n2nccn2)c(C(=O)N2CCCC(C)C2CNc2ncc(Cl)cc2F)n1. The molecule has 10 heteroatoms. The van der Waals surface area contributed by atoms with E-state index in [9.17, 15) is 9.18 Å². The highest BCUT2D eigenvalue weighted by Crippen LogP contribution is 2.27. The number of nitrogens with one attached hydrogen (secondary N) is 1. The van der Waals surface area contributed by atoms with Crippen LogP contribution >= 0.6 is 11.6 Å². The highest BCUT2D eigenvalue weighted by Gasteiger charge is 2.34. The van der Waals surface area contributed by atoms with Crippen LogP contribution in [-0.2, 0) is 0 Å². The Kier molecular flexibility index (Phi) is 6.13. The van der Waals surface area contributed by atoms with Crippen molar-refractivity contribution in [3.05, 3.63) is 59.0 Å². The molecular formula is C21H23ClFN7O. The van der Waals surface area contributed by atoms with E-state index in [1.807, 2.05) is 17.9 Å². The van der Waals surface area contributed by atoms with Crippen molar-refractivity contribution >= 4 is 23.3 Å². The first-order valence-corrected chi connectivity index (χ1v) is 10.5. The van der Waals surface area contributed by atoms with Crippen molar-refractivity contribution < 1.29 is 9.18 Å². The molecule has 4 rings (SSSR count). The second-order valence-corrected chi connectivity index (χ2v) is 8.13. The summed E-state index contributed by atoms with van der Waals surface area (Å²) in [6.07, 6.45) is 6.36. The fourth-order valence-electron chi connectivity index (χ4n) is 3.90. The summed E-state index contributed by atoms with van der Waals surface area (Å²) in [5, 5.41) is 11.6. The monoisotopic (exact) mass is 443 g/mol. The molecule has 3 aromatic rings. The minimum Gasteiger partial charge on any atom is -0.366 e. The molecule has 162 valence electrons. The number of amides is 1. The van der Waals surface area contributed by atoms with E-state index in [1.54, 1.807) is 18.5 Å². The van der Waals surface area contributed by atoms with Gasteiger partial charge in [-0.1, -0.05) is 18.5 Å². The number of carbonyl (C=O) groups excluding carboxylic acids is 1. The number of halogens is 2. The van der Waals surface area contributed by atoms with Crippen LogP contribution in [0.15, 0.2) is 36.8 Å². The summed E-state index contributed by atoms with van der Waals surface area (Å²) in [5.41, 5.74) is 1.55. The first kappa shape index (κ1) is 21.2. The van der Waals surface area contributed by atoms with E-state index in [0.717, 1.165) is 18.5 Å². The number of hydrogen-bond acceptors (Lipinski definition) is 6. The minimum atomic E-state index is -0.527. The molecule has 0 bridgehead atoms. The molecule has 0 radical (unpaired) electrons. The number of nitrogens with zero attached hydrogens (tertiary/aromatic N) is 6. The fourth-order valence-corrected chi connectivity index (χ4v) is 4.05. The molecule has 0 aromatic carbocycles. The van der Waals surface area contributed by atoms with E-state index >= 15 is 0 Å². The molecular weight excluding hydrogens is 421 g/mol. The zero-order valence-electron chi connectivity index (χ0n) is 17.3. The van der Waals surface area contributed by atoms with Crippen LogP contribution in [0.25, 0.3) is 5.69 Å². The maximum absolute atomic E-state index is 14.2. The van der Waals surface area contributed by atoms with Crippen LogP contribution < -0.4 is 5.32 Å². The van der Waals surface area contributed by atoms with Gasteiger partial charge in [-0.2, -0.15) is 10.2 Å². The highest BCUT2D eigenvalue weighted by atomic mass is 35.5. The summed E-state index contributed by atoms with van der Waals surface area (Å²) < 4.78 is 14.2. The minimum absolute atomic E-state index is 0.115. The van der Waals surface area contributed by atoms with Gasteiger partial charge in [-0.3, -0.25) is 4.79 Å². The van der Waals surface area contributed by atoms with Crippen LogP contribution in [0.5, 0.6) is 0 Å². The summed E-state index contributed by atoms with van der Waals surface area (Å²) in [4.78, 5) is 25.3. The molecule has 31 heavy (non-hydrogen) atoms. The maximum atomic E-state index is 14.2. The summed E-state index contributed by atoms with van der Waals surface area (Å²) in [6.45, 7) is 4.88. The zero-order valence-corrected chi connectivity index (χ0v) is 18.1. The van der Waals surface area contributed by atoms with Crippen molar-refractivity contribution in [3.8, 4) is 5.69 Å². The van der Waals surface area contributed by atoms with Gasteiger partial charge < -0.3 is 10.2 Å². The van der Waals surface area contributed by atoms with Crippen molar-refractivity contribution in [2.45, 2.75) is 32.7 Å². The van der Waals surface area contributed by atoms with Crippen molar-refractivity contribution in [2.24, 2.45) is 5.92 Å². The molecule has 1 saturated heterocycles. The van der Waals surface area contributed by atoms with Crippen molar-refractivity contribution in [3.63, 3.8) is 0 Å². The highest BCUT2D eigenvalue weighted by molar-refractivity contribution is 6.30. The summed E-state index contributed by atoms with van der Waals surface area (Å²) >= 11 is 5.79. The number of hydrogen-bond donors (Lipinski definition) is 1. The number of pyridine rings is 2. The fraction of sp³-hybridized carbons (Fsp3) is 0.381. The molecule has 1 aliphatic heterocycles. The number of anilines is 1. The molecule has 2 unspecified atom stereocenters. The second-order valence-electron chi connectivity index (χ2n) is 7.69. The Hall–Kier alpha value is -3.07. The van der Waals surface area contributed by atoms with Crippen molar-refractivity contribution in [1.82, 2.24) is 29.9 Å². The van der Waals surface area contributed by atoms with Gasteiger partial charge in [-0.15, -0.1) is 4.80 Å². The number of rotatable bonds is 5. The molecule has 3 aromatic heterocycles. The zero-order chi connectivity index (χ0) is 22.0. The number of carbonyl (C=O) groups is 1. The molecule has 1 amide bonds. The van der Waals surface area contributed by atoms with Gasteiger partial charge >= 0.3 is 0 Å². The van der Waals surface area contributed by atoms with Crippen LogP contribution in [0.3, 0.4) is 0 Å². The Labute approximate surface area is 184 Å². The first-order chi connectivity index (χ1) is 14.9. The normalized spacial score (nSPS) is 18.8. The molecule has 2 atom stereocenters. The molecule has 4 heterocycles. The van der Waals surface area contributed by atoms with E-state index < -0.39 is 5.82 Å². The predicted molar refractivity (Wildman–Crippen MR) is 115 cm³/mol. The topological polar surface area (TPSA) is 88.8 Å². The number of likely N-dealkylation sites (tertiary alicyclic amines) is 1. The van der Waals surface area contributed by atoms with Gasteiger partial charge in [0.2, 0.25) is 0 Å². The Morgan fingerprint density at radius 1 is 1.32 bits per heavy atom. The van der Waals surface area contributed by atoms with E-state index in [-0.39, 0.29) is 28.7 Å². The van der Waals surface area contributed by atoms with Crippen molar-refractivity contribution in [2.75, 3.05) is 18.4 Å². The smallest absolute Gasteiger partial charge is 0.275 e. The van der Waals surface area contributed by atoms with Gasteiger partial charge in [0.15, 0.2) is 17.3 Å². The molecule has 1 fully saturated rings. The third-order valence-corrected chi connectivity index (χ3v) is 5.72. The Morgan fingerprint density at radius 2 is 2.10 bits per heavy atom. The number of aromatic nitrogens is 5. The largest absolute Gasteiger partial charge is 0.366 e. The predicted octanol–water partition coefficient (Wildman–Crippen LogP) is 3.51. The second kappa shape index (κ2) is 8.97. The lowest BCUT2D eigenvalue weighted by Crippen LogP contribution is -2.51. The van der Waals surface area contributed by atoms with E-state index in [0.29, 0.717) is 24.5 Å². The van der Waals surface area contributed by atoms with Gasteiger partial charge in [0, 0.05) is 25.0 Å². The number of aryl methyl sites for hydroxylation is 1. The van der Waals surface area contributed by atoms with Gasteiger partial charge in [0.05, 0.1) is 23.5 Å². The Bertz CT molecular complexity index is 1080. The number of piperidine rings is 1. The third kappa shape index (κ3) is 4.51. The third-order valence-electron chi connectivity index (χ3n) is 5.51. The molecule has 0 spiro atoms. The molecule has 0 aliphatic carbocycles. The summed E-state index contributed by atoms with van der Waals surface area (Å²) in [7, 11) is 0. The molecule has 1 N–H and O–H groups in total. The average Bonchev–Trinajstić information content (AvgIpc) is 3.28. The van der Waals surface area contributed by atoms with Gasteiger partial charge in [0.25, 0.3) is 5.91 Å². The van der Waals surface area contributed by atoms with Crippen molar-refractivity contribution in [1.29, 1.82) is 0 Å². The van der Waals surface area contributed by atoms with Crippen LogP contribution in [0.4, 0.5) is 10.2 Å².